The van der Waals surface area contributed by atoms with Gasteiger partial charge in [-0.05, 0) is 84.6 Å². The molecule has 1 aliphatic carbocycles. The Labute approximate surface area is 238 Å². The van der Waals surface area contributed by atoms with Gasteiger partial charge in [-0.2, -0.15) is 5.10 Å². The van der Waals surface area contributed by atoms with Crippen LogP contribution in [-0.2, 0) is 6.42 Å². The highest BCUT2D eigenvalue weighted by Crippen LogP contribution is 2.36. The zero-order valence-electron chi connectivity index (χ0n) is 21.5. The lowest BCUT2D eigenvalue weighted by Crippen LogP contribution is -2.27. The van der Waals surface area contributed by atoms with Crippen LogP contribution in [0.15, 0.2) is 85.3 Å². The minimum absolute atomic E-state index is 0.0870. The Morgan fingerprint density at radius 2 is 1.95 bits per heavy atom. The number of benzene rings is 2. The third kappa shape index (κ3) is 4.38. The molecule has 202 valence electrons. The third-order valence-corrected chi connectivity index (χ3v) is 7.55. The van der Waals surface area contributed by atoms with E-state index in [-0.39, 0.29) is 17.0 Å². The number of amides is 1. The van der Waals surface area contributed by atoms with E-state index < -0.39 is 5.82 Å². The Morgan fingerprint density at radius 1 is 1.05 bits per heavy atom. The highest BCUT2D eigenvalue weighted by Gasteiger charge is 2.26. The van der Waals surface area contributed by atoms with Crippen LogP contribution in [0.5, 0.6) is 0 Å². The number of carbonyl (C=O) groups is 1. The number of carbonyl (C=O) groups excluding carboxylic acids is 1. The molecule has 0 spiro atoms. The topological polar surface area (TPSA) is 117 Å². The Hall–Kier alpha value is -5.09. The van der Waals surface area contributed by atoms with Crippen LogP contribution in [0.25, 0.3) is 34.1 Å². The number of fused-ring (bicyclic) bond motifs is 2. The predicted molar refractivity (Wildman–Crippen MR) is 154 cm³/mol. The summed E-state index contributed by atoms with van der Waals surface area (Å²) in [6.45, 7) is 0. The number of hydrogen-bond donors (Lipinski definition) is 2. The largest absolute Gasteiger partial charge is 0.383 e. The van der Waals surface area contributed by atoms with E-state index in [0.717, 1.165) is 29.7 Å². The molecule has 1 aliphatic rings. The van der Waals surface area contributed by atoms with Crippen LogP contribution < -0.4 is 11.1 Å². The molecule has 4 heterocycles. The molecular formula is C30H22ClFN8O. The van der Waals surface area contributed by atoms with Gasteiger partial charge in [0.15, 0.2) is 17.3 Å². The van der Waals surface area contributed by atoms with Crippen molar-refractivity contribution in [2.45, 2.75) is 18.9 Å². The fraction of sp³-hybridized carbons (Fsp3) is 0.100. The summed E-state index contributed by atoms with van der Waals surface area (Å²) < 4.78 is 17.2. The molecule has 0 radical (unpaired) electrons. The summed E-state index contributed by atoms with van der Waals surface area (Å²) in [5.41, 5.74) is 11.6. The number of nitrogen functional groups attached to an aromatic ring is 1. The van der Waals surface area contributed by atoms with E-state index in [4.69, 9.17) is 27.3 Å². The number of halogens is 2. The molecule has 4 aromatic heterocycles. The van der Waals surface area contributed by atoms with Crippen molar-refractivity contribution in [1.82, 2.24) is 34.6 Å². The molecule has 1 atom stereocenters. The first-order valence-electron chi connectivity index (χ1n) is 13.0. The quantitative estimate of drug-likeness (QED) is 0.287. The van der Waals surface area contributed by atoms with Gasteiger partial charge in [0.05, 0.1) is 16.6 Å². The van der Waals surface area contributed by atoms with Crippen LogP contribution in [0.3, 0.4) is 0 Å². The molecule has 0 bridgehead atoms. The van der Waals surface area contributed by atoms with Crippen LogP contribution in [-0.4, -0.2) is 35.2 Å². The van der Waals surface area contributed by atoms with Crippen LogP contribution in [0.4, 0.5) is 10.2 Å². The highest BCUT2D eigenvalue weighted by atomic mass is 35.5. The summed E-state index contributed by atoms with van der Waals surface area (Å²) in [4.78, 5) is 27.0. The molecule has 11 heteroatoms. The first kappa shape index (κ1) is 24.9. The molecule has 7 rings (SSSR count). The van der Waals surface area contributed by atoms with Crippen molar-refractivity contribution < 1.29 is 9.18 Å². The van der Waals surface area contributed by atoms with Gasteiger partial charge in [-0.1, -0.05) is 17.7 Å². The van der Waals surface area contributed by atoms with E-state index in [0.29, 0.717) is 39.8 Å². The van der Waals surface area contributed by atoms with Crippen molar-refractivity contribution in [2.75, 3.05) is 5.73 Å². The van der Waals surface area contributed by atoms with E-state index in [1.54, 1.807) is 17.1 Å². The number of imidazole rings is 1. The standard InChI is InChI=1S/C30H22ClFN8O/c31-22-16-18(4-8-23(22)32)30(41)37-24-9-5-17-15-19(6-7-20(17)24)40-28(21-3-1-12-34-27(21)33)36-25-10-11-26(38-29(25)40)39-14-2-13-35-39/h1-4,6-8,10-16,24H,5,9H2,(H2,33,34)(H,37,41)/t24-/m0/s1. The normalized spacial score (nSPS) is 14.3. The van der Waals surface area contributed by atoms with E-state index in [9.17, 15) is 9.18 Å². The van der Waals surface area contributed by atoms with Crippen molar-refractivity contribution in [3.8, 4) is 22.9 Å². The molecule has 41 heavy (non-hydrogen) atoms. The number of hydrogen-bond acceptors (Lipinski definition) is 6. The van der Waals surface area contributed by atoms with Gasteiger partial charge < -0.3 is 11.1 Å². The van der Waals surface area contributed by atoms with Crippen molar-refractivity contribution in [1.29, 1.82) is 0 Å². The number of rotatable bonds is 5. The zero-order valence-corrected chi connectivity index (χ0v) is 22.3. The second kappa shape index (κ2) is 9.83. The van der Waals surface area contributed by atoms with Gasteiger partial charge >= 0.3 is 0 Å². The predicted octanol–water partition coefficient (Wildman–Crippen LogP) is 5.46. The summed E-state index contributed by atoms with van der Waals surface area (Å²) in [6.07, 6.45) is 6.67. The molecule has 0 unspecified atom stereocenters. The Kier molecular flexibility index (Phi) is 5.97. The minimum Gasteiger partial charge on any atom is -0.383 e. The van der Waals surface area contributed by atoms with E-state index in [1.807, 2.05) is 53.2 Å². The number of pyridine rings is 2. The summed E-state index contributed by atoms with van der Waals surface area (Å²) >= 11 is 5.88. The lowest BCUT2D eigenvalue weighted by Gasteiger charge is -2.16. The number of anilines is 1. The second-order valence-corrected chi connectivity index (χ2v) is 10.2. The van der Waals surface area contributed by atoms with Crippen LogP contribution in [0.2, 0.25) is 5.02 Å². The lowest BCUT2D eigenvalue weighted by atomic mass is 10.1. The van der Waals surface area contributed by atoms with Gasteiger partial charge in [-0.3, -0.25) is 9.36 Å². The number of nitrogens with two attached hydrogens (primary N) is 1. The SMILES string of the molecule is Nc1ncccc1-c1nc2ccc(-n3cccn3)nc2n1-c1ccc2c(c1)CC[C@@H]2NC(=O)c1ccc(F)c(Cl)c1. The average molecular weight is 565 g/mol. The molecule has 0 saturated carbocycles. The Bertz CT molecular complexity index is 1950. The second-order valence-electron chi connectivity index (χ2n) is 9.75. The maximum absolute atomic E-state index is 13.6. The summed E-state index contributed by atoms with van der Waals surface area (Å²) in [5, 5.41) is 7.30. The number of nitrogens with zero attached hydrogens (tertiary/aromatic N) is 6. The van der Waals surface area contributed by atoms with Gasteiger partial charge in [0.2, 0.25) is 0 Å². The highest BCUT2D eigenvalue weighted by molar-refractivity contribution is 6.31. The molecule has 1 amide bonds. The molecule has 0 aliphatic heterocycles. The molecule has 9 nitrogen and oxygen atoms in total. The maximum Gasteiger partial charge on any atom is 0.251 e. The Morgan fingerprint density at radius 3 is 2.76 bits per heavy atom. The fourth-order valence-electron chi connectivity index (χ4n) is 5.28. The molecule has 2 aromatic carbocycles. The smallest absolute Gasteiger partial charge is 0.251 e. The first-order chi connectivity index (χ1) is 20.0. The number of aryl methyl sites for hydroxylation is 1. The van der Waals surface area contributed by atoms with Crippen molar-refractivity contribution in [3.63, 3.8) is 0 Å². The molecule has 3 N–H and O–H groups in total. The van der Waals surface area contributed by atoms with Gasteiger partial charge in [0, 0.05) is 29.8 Å². The van der Waals surface area contributed by atoms with Crippen molar-refractivity contribution in [2.24, 2.45) is 0 Å². The van der Waals surface area contributed by atoms with E-state index in [2.05, 4.69) is 21.5 Å². The molecule has 0 saturated heterocycles. The van der Waals surface area contributed by atoms with Gasteiger partial charge in [0.1, 0.15) is 17.2 Å². The Balaban J connectivity index is 1.30. The zero-order chi connectivity index (χ0) is 28.1. The van der Waals surface area contributed by atoms with E-state index >= 15 is 0 Å². The molecule has 0 fully saturated rings. The van der Waals surface area contributed by atoms with Gasteiger partial charge in [-0.25, -0.2) is 24.0 Å². The molecule has 6 aromatic rings. The maximum atomic E-state index is 13.6. The van der Waals surface area contributed by atoms with E-state index in [1.165, 1.54) is 18.2 Å². The first-order valence-corrected chi connectivity index (χ1v) is 13.3. The molecular weight excluding hydrogens is 543 g/mol. The fourth-order valence-corrected chi connectivity index (χ4v) is 5.46. The van der Waals surface area contributed by atoms with Crippen LogP contribution in [0, 0.1) is 5.82 Å². The number of nitrogens with one attached hydrogen (secondary N) is 1. The number of aromatic nitrogens is 6. The summed E-state index contributed by atoms with van der Waals surface area (Å²) in [6, 6.07) is 19.2. The summed E-state index contributed by atoms with van der Waals surface area (Å²) in [7, 11) is 0. The van der Waals surface area contributed by atoms with Crippen LogP contribution >= 0.6 is 11.6 Å². The third-order valence-electron chi connectivity index (χ3n) is 7.26. The lowest BCUT2D eigenvalue weighted by molar-refractivity contribution is 0.0936. The summed E-state index contributed by atoms with van der Waals surface area (Å²) in [5.74, 6) is 0.763. The van der Waals surface area contributed by atoms with Crippen molar-refractivity contribution >= 4 is 34.5 Å². The average Bonchev–Trinajstić information content (AvgIpc) is 3.73. The minimum atomic E-state index is -0.562. The monoisotopic (exact) mass is 564 g/mol. The van der Waals surface area contributed by atoms with Crippen LogP contribution in [0.1, 0.15) is 33.9 Å². The van der Waals surface area contributed by atoms with Gasteiger partial charge in [0.25, 0.3) is 5.91 Å². The van der Waals surface area contributed by atoms with Gasteiger partial charge in [-0.15, -0.1) is 0 Å². The van der Waals surface area contributed by atoms with Crippen molar-refractivity contribution in [3.05, 3.63) is 113 Å².